The molecule has 0 aliphatic rings. The number of phenolic OH excluding ortho intramolecular Hbond substituents is 1. The van der Waals surface area contributed by atoms with Crippen molar-refractivity contribution < 1.29 is 10.3 Å². The van der Waals surface area contributed by atoms with Crippen molar-refractivity contribution in [2.24, 2.45) is 11.1 Å². The van der Waals surface area contributed by atoms with Crippen molar-refractivity contribution in [1.29, 1.82) is 0 Å². The molecule has 0 bridgehead atoms. The lowest BCUT2D eigenvalue weighted by Crippen LogP contribution is -2.02. The van der Waals surface area contributed by atoms with E-state index < -0.39 is 0 Å². The van der Waals surface area contributed by atoms with E-state index in [0.29, 0.717) is 17.7 Å². The highest BCUT2D eigenvalue weighted by atomic mass is 16.4. The van der Waals surface area contributed by atoms with Gasteiger partial charge in [-0.1, -0.05) is 89.3 Å². The fourth-order valence-electron chi connectivity index (χ4n) is 3.38. The third kappa shape index (κ3) is 9.84. The average molecular weight is 362 g/mol. The van der Waals surface area contributed by atoms with Crippen molar-refractivity contribution >= 4 is 5.71 Å². The second-order valence-electron chi connectivity index (χ2n) is 8.04. The number of benzene rings is 1. The van der Waals surface area contributed by atoms with E-state index in [1.807, 2.05) is 19.1 Å². The molecule has 0 aliphatic heterocycles. The van der Waals surface area contributed by atoms with Crippen molar-refractivity contribution in [2.75, 3.05) is 0 Å². The molecule has 0 unspecified atom stereocenters. The number of phenols is 1. The summed E-state index contributed by atoms with van der Waals surface area (Å²) in [7, 11) is 0. The number of hydrogen-bond donors (Lipinski definition) is 2. The molecule has 1 rings (SSSR count). The molecule has 0 aliphatic carbocycles. The Morgan fingerprint density at radius 1 is 0.885 bits per heavy atom. The summed E-state index contributed by atoms with van der Waals surface area (Å²) < 4.78 is 0. The molecular weight excluding hydrogens is 322 g/mol. The van der Waals surface area contributed by atoms with E-state index in [-0.39, 0.29) is 5.75 Å². The molecule has 0 atom stereocenters. The Morgan fingerprint density at radius 3 is 1.92 bits per heavy atom. The fourth-order valence-corrected chi connectivity index (χ4v) is 3.38. The van der Waals surface area contributed by atoms with Crippen LogP contribution in [0.4, 0.5) is 0 Å². The number of aromatic hydroxyl groups is 1. The molecule has 0 saturated carbocycles. The molecule has 26 heavy (non-hydrogen) atoms. The second kappa shape index (κ2) is 13.7. The number of hydrogen-bond acceptors (Lipinski definition) is 3. The minimum atomic E-state index is 0.200. The summed E-state index contributed by atoms with van der Waals surface area (Å²) in [6.45, 7) is 6.54. The van der Waals surface area contributed by atoms with Crippen molar-refractivity contribution in [2.45, 2.75) is 97.8 Å². The molecule has 2 N–H and O–H groups in total. The topological polar surface area (TPSA) is 52.8 Å². The van der Waals surface area contributed by atoms with E-state index in [1.165, 1.54) is 57.8 Å². The first-order valence-corrected chi connectivity index (χ1v) is 10.6. The fraction of sp³-hybridized carbons (Fsp3) is 0.696. The third-order valence-corrected chi connectivity index (χ3v) is 5.03. The summed E-state index contributed by atoms with van der Waals surface area (Å²) in [5.74, 6) is 1.05. The van der Waals surface area contributed by atoms with Crippen LogP contribution in [0, 0.1) is 12.8 Å². The Morgan fingerprint density at radius 2 is 1.42 bits per heavy atom. The summed E-state index contributed by atoms with van der Waals surface area (Å²) >= 11 is 0. The van der Waals surface area contributed by atoms with Crippen LogP contribution in [0.3, 0.4) is 0 Å². The first kappa shape index (κ1) is 22.5. The van der Waals surface area contributed by atoms with Gasteiger partial charge in [-0.05, 0) is 43.4 Å². The van der Waals surface area contributed by atoms with Crippen LogP contribution in [-0.2, 0) is 0 Å². The van der Waals surface area contributed by atoms with Gasteiger partial charge >= 0.3 is 0 Å². The van der Waals surface area contributed by atoms with Crippen LogP contribution in [0.1, 0.15) is 102 Å². The lowest BCUT2D eigenvalue weighted by Gasteiger charge is -2.08. The SMILES string of the molecule is Cc1ccc(/C(CCCCCCCCCCCCC(C)C)=N/O)c(O)c1. The average Bonchev–Trinajstić information content (AvgIpc) is 2.60. The van der Waals surface area contributed by atoms with E-state index in [2.05, 4.69) is 19.0 Å². The van der Waals surface area contributed by atoms with E-state index in [4.69, 9.17) is 0 Å². The number of oxime groups is 1. The molecule has 0 aromatic heterocycles. The zero-order valence-electron chi connectivity index (χ0n) is 17.1. The predicted molar refractivity (Wildman–Crippen MR) is 111 cm³/mol. The van der Waals surface area contributed by atoms with Gasteiger partial charge in [0.1, 0.15) is 5.75 Å². The zero-order chi connectivity index (χ0) is 19.2. The highest BCUT2D eigenvalue weighted by Crippen LogP contribution is 2.22. The van der Waals surface area contributed by atoms with Gasteiger partial charge in [0.15, 0.2) is 0 Å². The van der Waals surface area contributed by atoms with E-state index in [0.717, 1.165) is 24.3 Å². The lowest BCUT2D eigenvalue weighted by atomic mass is 10.00. The Labute approximate surface area is 160 Å². The normalized spacial score (nSPS) is 12.1. The van der Waals surface area contributed by atoms with Gasteiger partial charge < -0.3 is 10.3 Å². The van der Waals surface area contributed by atoms with Crippen molar-refractivity contribution in [3.63, 3.8) is 0 Å². The minimum Gasteiger partial charge on any atom is -0.507 e. The Bertz CT molecular complexity index is 523. The maximum absolute atomic E-state index is 10.0. The monoisotopic (exact) mass is 361 g/mol. The summed E-state index contributed by atoms with van der Waals surface area (Å²) in [5, 5.41) is 22.6. The van der Waals surface area contributed by atoms with E-state index in [1.54, 1.807) is 6.07 Å². The van der Waals surface area contributed by atoms with E-state index >= 15 is 0 Å². The molecule has 0 saturated heterocycles. The zero-order valence-corrected chi connectivity index (χ0v) is 17.1. The lowest BCUT2D eigenvalue weighted by molar-refractivity contribution is 0.317. The standard InChI is InChI=1S/C23H39NO2/c1-19(2)14-12-10-8-6-4-5-7-9-11-13-15-22(24-26)21-17-16-20(3)18-23(21)25/h16-19,25-26H,4-15H2,1-3H3/b24-22+. The highest BCUT2D eigenvalue weighted by molar-refractivity contribution is 6.02. The van der Waals surface area contributed by atoms with Crippen LogP contribution in [0.2, 0.25) is 0 Å². The smallest absolute Gasteiger partial charge is 0.125 e. The van der Waals surface area contributed by atoms with Crippen molar-refractivity contribution in [3.05, 3.63) is 29.3 Å². The molecule has 3 heteroatoms. The van der Waals surface area contributed by atoms with Gasteiger partial charge in [-0.3, -0.25) is 0 Å². The molecule has 1 aromatic rings. The Kier molecular flexibility index (Phi) is 11.8. The number of aryl methyl sites for hydroxylation is 1. The van der Waals surface area contributed by atoms with Crippen LogP contribution in [-0.4, -0.2) is 16.0 Å². The maximum atomic E-state index is 10.0. The van der Waals surface area contributed by atoms with Gasteiger partial charge in [0.25, 0.3) is 0 Å². The van der Waals surface area contributed by atoms with Crippen molar-refractivity contribution in [3.8, 4) is 5.75 Å². The number of nitrogens with zero attached hydrogens (tertiary/aromatic N) is 1. The predicted octanol–water partition coefficient (Wildman–Crippen LogP) is 7.22. The van der Waals surface area contributed by atoms with Crippen LogP contribution in [0.25, 0.3) is 0 Å². The number of unbranched alkanes of at least 4 members (excludes halogenated alkanes) is 9. The van der Waals surface area contributed by atoms with Crippen LogP contribution >= 0.6 is 0 Å². The largest absolute Gasteiger partial charge is 0.507 e. The highest BCUT2D eigenvalue weighted by Gasteiger charge is 2.09. The van der Waals surface area contributed by atoms with E-state index in [9.17, 15) is 10.3 Å². The van der Waals surface area contributed by atoms with Crippen LogP contribution in [0.5, 0.6) is 5.75 Å². The summed E-state index contributed by atoms with van der Waals surface area (Å²) in [4.78, 5) is 0. The minimum absolute atomic E-state index is 0.200. The van der Waals surface area contributed by atoms with Crippen LogP contribution in [0.15, 0.2) is 23.4 Å². The number of rotatable bonds is 14. The third-order valence-electron chi connectivity index (χ3n) is 5.03. The van der Waals surface area contributed by atoms with Gasteiger partial charge in [0, 0.05) is 5.56 Å². The van der Waals surface area contributed by atoms with Gasteiger partial charge in [-0.2, -0.15) is 0 Å². The molecule has 0 radical (unpaired) electrons. The molecule has 0 spiro atoms. The van der Waals surface area contributed by atoms with Crippen molar-refractivity contribution in [1.82, 2.24) is 0 Å². The molecule has 3 nitrogen and oxygen atoms in total. The second-order valence-corrected chi connectivity index (χ2v) is 8.04. The first-order valence-electron chi connectivity index (χ1n) is 10.6. The summed E-state index contributed by atoms with van der Waals surface area (Å²) in [5.41, 5.74) is 2.24. The molecule has 0 heterocycles. The van der Waals surface area contributed by atoms with Gasteiger partial charge in [-0.25, -0.2) is 0 Å². The van der Waals surface area contributed by atoms with Crippen LogP contribution < -0.4 is 0 Å². The first-order chi connectivity index (χ1) is 12.5. The molecule has 1 aromatic carbocycles. The summed E-state index contributed by atoms with van der Waals surface area (Å²) in [6, 6.07) is 5.48. The molecule has 0 amide bonds. The maximum Gasteiger partial charge on any atom is 0.125 e. The molecule has 148 valence electrons. The van der Waals surface area contributed by atoms with Gasteiger partial charge in [0.05, 0.1) is 5.71 Å². The summed E-state index contributed by atoms with van der Waals surface area (Å²) in [6.07, 6.45) is 15.0. The van der Waals surface area contributed by atoms with Gasteiger partial charge in [0.2, 0.25) is 0 Å². The van der Waals surface area contributed by atoms with Gasteiger partial charge in [-0.15, -0.1) is 0 Å². The molecule has 0 fully saturated rings. The Balaban J connectivity index is 2.04. The Hall–Kier alpha value is -1.51. The molecular formula is C23H39NO2. The quantitative estimate of drug-likeness (QED) is 0.159.